The van der Waals surface area contributed by atoms with Crippen LogP contribution >= 0.6 is 0 Å². The summed E-state index contributed by atoms with van der Waals surface area (Å²) in [5, 5.41) is 2.80. The summed E-state index contributed by atoms with van der Waals surface area (Å²) in [5.41, 5.74) is 2.63. The summed E-state index contributed by atoms with van der Waals surface area (Å²) in [6, 6.07) is 9.75. The van der Waals surface area contributed by atoms with E-state index >= 15 is 0 Å². The smallest absolute Gasteiger partial charge is 0.287 e. The predicted octanol–water partition coefficient (Wildman–Crippen LogP) is 3.59. The van der Waals surface area contributed by atoms with Crippen molar-refractivity contribution in [2.75, 3.05) is 26.2 Å². The fourth-order valence-electron chi connectivity index (χ4n) is 4.37. The number of sulfonamides is 1. The Labute approximate surface area is 183 Å². The van der Waals surface area contributed by atoms with Gasteiger partial charge in [0, 0.05) is 32.3 Å². The summed E-state index contributed by atoms with van der Waals surface area (Å²) >= 11 is 0. The number of fused-ring (bicyclic) bond motifs is 1. The minimum Gasteiger partial charge on any atom is -0.455 e. The second kappa shape index (κ2) is 9.54. The highest BCUT2D eigenvalue weighted by Gasteiger charge is 2.31. The Balaban J connectivity index is 1.26. The van der Waals surface area contributed by atoms with E-state index in [0.29, 0.717) is 32.7 Å². The maximum atomic E-state index is 12.7. The van der Waals surface area contributed by atoms with Crippen LogP contribution in [0.25, 0.3) is 0 Å². The summed E-state index contributed by atoms with van der Waals surface area (Å²) in [7, 11) is -3.61. The van der Waals surface area contributed by atoms with Crippen LogP contribution in [0.3, 0.4) is 0 Å². The molecule has 0 bridgehead atoms. The van der Waals surface area contributed by atoms with Crippen LogP contribution in [-0.4, -0.2) is 44.9 Å². The van der Waals surface area contributed by atoms with Gasteiger partial charge in [-0.05, 0) is 56.6 Å². The van der Waals surface area contributed by atoms with Gasteiger partial charge in [-0.15, -0.1) is 0 Å². The number of rotatable bonds is 8. The number of furan rings is 1. The van der Waals surface area contributed by atoms with Gasteiger partial charge in [-0.3, -0.25) is 4.79 Å². The zero-order chi connectivity index (χ0) is 21.8. The summed E-state index contributed by atoms with van der Waals surface area (Å²) in [5.74, 6) is -0.136. The van der Waals surface area contributed by atoms with Crippen molar-refractivity contribution in [3.63, 3.8) is 0 Å². The van der Waals surface area contributed by atoms with Crippen molar-refractivity contribution in [1.82, 2.24) is 9.62 Å². The molecule has 1 saturated heterocycles. The van der Waals surface area contributed by atoms with Crippen LogP contribution < -0.4 is 5.32 Å². The molecule has 31 heavy (non-hydrogen) atoms. The second-order valence-corrected chi connectivity index (χ2v) is 10.1. The summed E-state index contributed by atoms with van der Waals surface area (Å²) < 4.78 is 38.5. The monoisotopic (exact) mass is 446 g/mol. The van der Waals surface area contributed by atoms with Gasteiger partial charge >= 0.3 is 0 Å². The van der Waals surface area contributed by atoms with Crippen LogP contribution in [0.15, 0.2) is 39.6 Å². The lowest BCUT2D eigenvalue weighted by Crippen LogP contribution is -2.28. The molecule has 1 fully saturated rings. The third kappa shape index (κ3) is 4.86. The standard InChI is InChI=1S/C23H30N2O5S/c1-17-22(31(27,28)25-13-4-5-14-25)16-21(30-17)23(26)24-12-7-15-29-20-11-6-9-18-8-2-3-10-19(18)20/h2-3,8,10,16,20H,4-7,9,11-15H2,1H3,(H,24,26). The zero-order valence-electron chi connectivity index (χ0n) is 17.9. The van der Waals surface area contributed by atoms with E-state index in [-0.39, 0.29) is 22.5 Å². The molecule has 1 amide bonds. The van der Waals surface area contributed by atoms with Gasteiger partial charge in [0.15, 0.2) is 5.76 Å². The quantitative estimate of drug-likeness (QED) is 0.626. The molecule has 8 heteroatoms. The number of benzene rings is 1. The van der Waals surface area contributed by atoms with E-state index in [1.165, 1.54) is 21.5 Å². The van der Waals surface area contributed by atoms with Gasteiger partial charge in [0.25, 0.3) is 5.91 Å². The normalized spacial score (nSPS) is 19.3. The van der Waals surface area contributed by atoms with Gasteiger partial charge in [0.05, 0.1) is 6.10 Å². The SMILES string of the molecule is Cc1oc(C(=O)NCCCOC2CCCc3ccccc32)cc1S(=O)(=O)N1CCCC1. The number of amides is 1. The van der Waals surface area contributed by atoms with Crippen molar-refractivity contribution >= 4 is 15.9 Å². The molecule has 1 aromatic heterocycles. The van der Waals surface area contributed by atoms with E-state index in [9.17, 15) is 13.2 Å². The Morgan fingerprint density at radius 2 is 2.00 bits per heavy atom. The molecule has 2 aromatic rings. The number of hydrogen-bond acceptors (Lipinski definition) is 5. The second-order valence-electron chi connectivity index (χ2n) is 8.20. The molecule has 1 N–H and O–H groups in total. The van der Waals surface area contributed by atoms with Gasteiger partial charge < -0.3 is 14.5 Å². The van der Waals surface area contributed by atoms with Crippen molar-refractivity contribution in [3.8, 4) is 0 Å². The molecule has 1 aromatic carbocycles. The highest BCUT2D eigenvalue weighted by molar-refractivity contribution is 7.89. The van der Waals surface area contributed by atoms with Gasteiger partial charge in [0.1, 0.15) is 10.7 Å². The third-order valence-electron chi connectivity index (χ3n) is 6.02. The van der Waals surface area contributed by atoms with Gasteiger partial charge in [-0.25, -0.2) is 8.42 Å². The van der Waals surface area contributed by atoms with Gasteiger partial charge in [0.2, 0.25) is 10.0 Å². The van der Waals surface area contributed by atoms with Crippen LogP contribution in [-0.2, 0) is 21.2 Å². The van der Waals surface area contributed by atoms with Crippen molar-refractivity contribution in [2.45, 2.75) is 56.4 Å². The molecule has 168 valence electrons. The Hall–Kier alpha value is -2.16. The number of ether oxygens (including phenoxy) is 1. The van der Waals surface area contributed by atoms with E-state index in [1.54, 1.807) is 6.92 Å². The molecule has 0 radical (unpaired) electrons. The number of nitrogens with zero attached hydrogens (tertiary/aromatic N) is 1. The molecular formula is C23H30N2O5S. The van der Waals surface area contributed by atoms with E-state index < -0.39 is 15.9 Å². The maximum Gasteiger partial charge on any atom is 0.287 e. The van der Waals surface area contributed by atoms with E-state index in [1.807, 2.05) is 6.07 Å². The molecule has 1 aliphatic heterocycles. The predicted molar refractivity (Wildman–Crippen MR) is 116 cm³/mol. The average molecular weight is 447 g/mol. The first-order valence-electron chi connectivity index (χ1n) is 11.0. The number of aryl methyl sites for hydroxylation is 2. The topological polar surface area (TPSA) is 88.8 Å². The first-order valence-corrected chi connectivity index (χ1v) is 12.5. The number of carbonyl (C=O) groups is 1. The third-order valence-corrected chi connectivity index (χ3v) is 8.03. The Bertz CT molecular complexity index is 1020. The zero-order valence-corrected chi connectivity index (χ0v) is 18.7. The van der Waals surface area contributed by atoms with E-state index in [0.717, 1.165) is 32.1 Å². The average Bonchev–Trinajstić information content (AvgIpc) is 3.44. The summed E-state index contributed by atoms with van der Waals surface area (Å²) in [6.07, 6.45) is 5.75. The molecule has 4 rings (SSSR count). The van der Waals surface area contributed by atoms with E-state index in [4.69, 9.17) is 9.15 Å². The van der Waals surface area contributed by atoms with E-state index in [2.05, 4.69) is 23.5 Å². The maximum absolute atomic E-state index is 12.7. The molecule has 1 aliphatic carbocycles. The summed E-state index contributed by atoms with van der Waals surface area (Å²) in [4.78, 5) is 12.5. The number of nitrogens with one attached hydrogen (secondary N) is 1. The van der Waals surface area contributed by atoms with Crippen LogP contribution in [0.2, 0.25) is 0 Å². The lowest BCUT2D eigenvalue weighted by Gasteiger charge is -2.25. The molecule has 0 spiro atoms. The highest BCUT2D eigenvalue weighted by Crippen LogP contribution is 2.32. The minimum atomic E-state index is -3.61. The molecule has 2 heterocycles. The lowest BCUT2D eigenvalue weighted by atomic mass is 9.89. The molecule has 0 saturated carbocycles. The summed E-state index contributed by atoms with van der Waals surface area (Å²) in [6.45, 7) is 3.59. The fraction of sp³-hybridized carbons (Fsp3) is 0.522. The first kappa shape index (κ1) is 22.0. The first-order chi connectivity index (χ1) is 15.0. The minimum absolute atomic E-state index is 0.0254. The molecule has 7 nitrogen and oxygen atoms in total. The molecule has 1 unspecified atom stereocenters. The lowest BCUT2D eigenvalue weighted by molar-refractivity contribution is 0.0392. The van der Waals surface area contributed by atoms with Gasteiger partial charge in [-0.1, -0.05) is 24.3 Å². The Morgan fingerprint density at radius 1 is 1.23 bits per heavy atom. The van der Waals surface area contributed by atoms with Crippen molar-refractivity contribution in [2.24, 2.45) is 0 Å². The molecule has 2 aliphatic rings. The Morgan fingerprint density at radius 3 is 2.81 bits per heavy atom. The van der Waals surface area contributed by atoms with Crippen LogP contribution in [0.1, 0.15) is 65.7 Å². The Kier molecular flexibility index (Phi) is 6.79. The van der Waals surface area contributed by atoms with Crippen LogP contribution in [0.5, 0.6) is 0 Å². The van der Waals surface area contributed by atoms with Crippen molar-refractivity contribution in [3.05, 3.63) is 53.0 Å². The van der Waals surface area contributed by atoms with Crippen molar-refractivity contribution in [1.29, 1.82) is 0 Å². The molecule has 1 atom stereocenters. The molecular weight excluding hydrogens is 416 g/mol. The van der Waals surface area contributed by atoms with Crippen molar-refractivity contribution < 1.29 is 22.4 Å². The number of hydrogen-bond donors (Lipinski definition) is 1. The van der Waals surface area contributed by atoms with Gasteiger partial charge in [-0.2, -0.15) is 4.31 Å². The largest absolute Gasteiger partial charge is 0.455 e. The van der Waals surface area contributed by atoms with Crippen LogP contribution in [0, 0.1) is 6.92 Å². The van der Waals surface area contributed by atoms with Crippen LogP contribution in [0.4, 0.5) is 0 Å². The fourth-order valence-corrected chi connectivity index (χ4v) is 6.05. The number of carbonyl (C=O) groups excluding carboxylic acids is 1. The highest BCUT2D eigenvalue weighted by atomic mass is 32.2.